The highest BCUT2D eigenvalue weighted by atomic mass is 32.2. The van der Waals surface area contributed by atoms with E-state index in [1.54, 1.807) is 30.2 Å². The highest BCUT2D eigenvalue weighted by Gasteiger charge is 2.11. The number of halogens is 1. The Morgan fingerprint density at radius 3 is 2.64 bits per heavy atom. The van der Waals surface area contributed by atoms with E-state index in [4.69, 9.17) is 9.15 Å². The SMILES string of the molecule is COc1ccc(Cn2nnnc2SCc2coc(-c3ccc(F)cc3)n2)cc1. The van der Waals surface area contributed by atoms with E-state index in [1.165, 1.54) is 23.9 Å². The first-order chi connectivity index (χ1) is 13.7. The molecule has 0 unspecified atom stereocenters. The summed E-state index contributed by atoms with van der Waals surface area (Å²) in [6.45, 7) is 0.555. The second-order valence-electron chi connectivity index (χ2n) is 5.91. The van der Waals surface area contributed by atoms with Gasteiger partial charge in [-0.05, 0) is 52.4 Å². The van der Waals surface area contributed by atoms with Crippen LogP contribution in [0.1, 0.15) is 11.3 Å². The molecule has 2 heterocycles. The van der Waals surface area contributed by atoms with Gasteiger partial charge < -0.3 is 9.15 Å². The van der Waals surface area contributed by atoms with Gasteiger partial charge in [0, 0.05) is 11.3 Å². The molecule has 0 aliphatic heterocycles. The Morgan fingerprint density at radius 2 is 1.89 bits per heavy atom. The van der Waals surface area contributed by atoms with Crippen molar-refractivity contribution in [3.63, 3.8) is 0 Å². The summed E-state index contributed by atoms with van der Waals surface area (Å²) in [5.74, 6) is 1.51. The zero-order chi connectivity index (χ0) is 19.3. The van der Waals surface area contributed by atoms with Crippen LogP contribution in [0.5, 0.6) is 5.75 Å². The normalized spacial score (nSPS) is 10.9. The lowest BCUT2D eigenvalue weighted by atomic mass is 10.2. The smallest absolute Gasteiger partial charge is 0.226 e. The first-order valence-corrected chi connectivity index (χ1v) is 9.42. The van der Waals surface area contributed by atoms with Gasteiger partial charge in [-0.3, -0.25) is 0 Å². The van der Waals surface area contributed by atoms with Crippen LogP contribution >= 0.6 is 11.8 Å². The number of benzene rings is 2. The predicted molar refractivity (Wildman–Crippen MR) is 101 cm³/mol. The standard InChI is InChI=1S/C19H16FN5O2S/c1-26-17-8-2-13(3-9-17)10-25-19(22-23-24-25)28-12-16-11-27-18(21-16)14-4-6-15(20)7-5-14/h2-9,11H,10,12H2,1H3. The van der Waals surface area contributed by atoms with Crippen LogP contribution in [0.4, 0.5) is 4.39 Å². The molecule has 7 nitrogen and oxygen atoms in total. The molecule has 2 aromatic carbocycles. The first kappa shape index (κ1) is 18.2. The maximum atomic E-state index is 13.0. The molecule has 0 saturated carbocycles. The third-order valence-electron chi connectivity index (χ3n) is 3.98. The topological polar surface area (TPSA) is 78.9 Å². The largest absolute Gasteiger partial charge is 0.497 e. The summed E-state index contributed by atoms with van der Waals surface area (Å²) in [6.07, 6.45) is 1.59. The Morgan fingerprint density at radius 1 is 1.11 bits per heavy atom. The Hall–Kier alpha value is -3.20. The van der Waals surface area contributed by atoms with Crippen molar-refractivity contribution in [2.75, 3.05) is 7.11 Å². The quantitative estimate of drug-likeness (QED) is 0.439. The number of hydrogen-bond donors (Lipinski definition) is 0. The van der Waals surface area contributed by atoms with Crippen molar-refractivity contribution >= 4 is 11.8 Å². The van der Waals surface area contributed by atoms with E-state index >= 15 is 0 Å². The Kier molecular flexibility index (Phi) is 5.34. The molecule has 2 aromatic heterocycles. The summed E-state index contributed by atoms with van der Waals surface area (Å²) in [6, 6.07) is 13.8. The van der Waals surface area contributed by atoms with Crippen LogP contribution in [0.25, 0.3) is 11.5 Å². The molecule has 0 radical (unpaired) electrons. The molecule has 0 amide bonds. The van der Waals surface area contributed by atoms with Crippen LogP contribution in [-0.2, 0) is 12.3 Å². The number of ether oxygens (including phenoxy) is 1. The van der Waals surface area contributed by atoms with Crippen molar-refractivity contribution in [3.8, 4) is 17.2 Å². The molecule has 0 aliphatic carbocycles. The van der Waals surface area contributed by atoms with Gasteiger partial charge in [0.15, 0.2) is 0 Å². The lowest BCUT2D eigenvalue weighted by Gasteiger charge is -2.05. The van der Waals surface area contributed by atoms with E-state index in [2.05, 4.69) is 20.5 Å². The average molecular weight is 397 g/mol. The van der Waals surface area contributed by atoms with E-state index < -0.39 is 0 Å². The third-order valence-corrected chi connectivity index (χ3v) is 4.97. The van der Waals surface area contributed by atoms with Crippen molar-refractivity contribution in [2.24, 2.45) is 0 Å². The Balaban J connectivity index is 1.40. The average Bonchev–Trinajstić information content (AvgIpc) is 3.37. The fourth-order valence-corrected chi connectivity index (χ4v) is 3.29. The molecule has 4 aromatic rings. The second kappa shape index (κ2) is 8.22. The van der Waals surface area contributed by atoms with E-state index in [1.807, 2.05) is 24.3 Å². The summed E-state index contributed by atoms with van der Waals surface area (Å²) in [5.41, 5.74) is 2.54. The number of methoxy groups -OCH3 is 1. The van der Waals surface area contributed by atoms with Gasteiger partial charge in [0.05, 0.1) is 19.3 Å². The van der Waals surface area contributed by atoms with Crippen molar-refractivity contribution in [1.29, 1.82) is 0 Å². The molecule has 0 bridgehead atoms. The lowest BCUT2D eigenvalue weighted by molar-refractivity contribution is 0.414. The van der Waals surface area contributed by atoms with Crippen LogP contribution in [0.2, 0.25) is 0 Å². The summed E-state index contributed by atoms with van der Waals surface area (Å²) in [4.78, 5) is 4.44. The van der Waals surface area contributed by atoms with Crippen LogP contribution in [0.15, 0.2) is 64.4 Å². The molecule has 0 N–H and O–H groups in total. The molecule has 0 fully saturated rings. The summed E-state index contributed by atoms with van der Waals surface area (Å²) in [7, 11) is 1.64. The minimum atomic E-state index is -0.296. The molecule has 142 valence electrons. The highest BCUT2D eigenvalue weighted by Crippen LogP contribution is 2.24. The molecular weight excluding hydrogens is 381 g/mol. The fraction of sp³-hybridized carbons (Fsp3) is 0.158. The molecule has 0 spiro atoms. The minimum absolute atomic E-state index is 0.296. The van der Waals surface area contributed by atoms with Crippen molar-refractivity contribution < 1.29 is 13.5 Å². The summed E-state index contributed by atoms with van der Waals surface area (Å²) < 4.78 is 25.4. The monoisotopic (exact) mass is 397 g/mol. The predicted octanol–water partition coefficient (Wildman–Crippen LogP) is 3.82. The fourth-order valence-electron chi connectivity index (χ4n) is 2.54. The van der Waals surface area contributed by atoms with Crippen molar-refractivity contribution in [2.45, 2.75) is 17.5 Å². The number of hydrogen-bond acceptors (Lipinski definition) is 7. The van der Waals surface area contributed by atoms with Gasteiger partial charge in [-0.25, -0.2) is 14.1 Å². The van der Waals surface area contributed by atoms with Crippen LogP contribution in [-0.4, -0.2) is 32.3 Å². The zero-order valence-corrected chi connectivity index (χ0v) is 15.8. The molecule has 0 saturated heterocycles. The number of rotatable bonds is 7. The van der Waals surface area contributed by atoms with Gasteiger partial charge in [0.25, 0.3) is 0 Å². The molecule has 0 aliphatic rings. The van der Waals surface area contributed by atoms with Crippen LogP contribution in [0.3, 0.4) is 0 Å². The maximum absolute atomic E-state index is 13.0. The van der Waals surface area contributed by atoms with E-state index in [0.29, 0.717) is 23.3 Å². The van der Waals surface area contributed by atoms with Gasteiger partial charge in [0.1, 0.15) is 17.8 Å². The summed E-state index contributed by atoms with van der Waals surface area (Å²) >= 11 is 1.46. The van der Waals surface area contributed by atoms with E-state index in [9.17, 15) is 4.39 Å². The Labute approximate surface area is 164 Å². The number of nitrogens with zero attached hydrogens (tertiary/aromatic N) is 5. The minimum Gasteiger partial charge on any atom is -0.497 e. The van der Waals surface area contributed by atoms with Crippen LogP contribution in [0, 0.1) is 5.82 Å². The lowest BCUT2D eigenvalue weighted by Crippen LogP contribution is -2.04. The van der Waals surface area contributed by atoms with Gasteiger partial charge in [-0.1, -0.05) is 23.9 Å². The first-order valence-electron chi connectivity index (χ1n) is 8.43. The van der Waals surface area contributed by atoms with Crippen molar-refractivity contribution in [1.82, 2.24) is 25.2 Å². The molecule has 9 heteroatoms. The number of aromatic nitrogens is 5. The molecule has 4 rings (SSSR count). The number of tetrazole rings is 1. The molecule has 28 heavy (non-hydrogen) atoms. The molecular formula is C19H16FN5O2S. The van der Waals surface area contributed by atoms with Crippen molar-refractivity contribution in [3.05, 3.63) is 71.9 Å². The van der Waals surface area contributed by atoms with Gasteiger partial charge in [-0.15, -0.1) is 5.10 Å². The van der Waals surface area contributed by atoms with Gasteiger partial charge in [-0.2, -0.15) is 0 Å². The van der Waals surface area contributed by atoms with Gasteiger partial charge in [0.2, 0.25) is 11.0 Å². The van der Waals surface area contributed by atoms with E-state index in [0.717, 1.165) is 22.6 Å². The molecule has 0 atom stereocenters. The van der Waals surface area contributed by atoms with E-state index in [-0.39, 0.29) is 5.82 Å². The second-order valence-corrected chi connectivity index (χ2v) is 6.85. The zero-order valence-electron chi connectivity index (χ0n) is 14.9. The summed E-state index contributed by atoms with van der Waals surface area (Å²) in [5, 5.41) is 12.6. The maximum Gasteiger partial charge on any atom is 0.226 e. The third kappa shape index (κ3) is 4.20. The highest BCUT2D eigenvalue weighted by molar-refractivity contribution is 7.98. The van der Waals surface area contributed by atoms with Crippen LogP contribution < -0.4 is 4.74 Å². The number of thioether (sulfide) groups is 1. The Bertz CT molecular complexity index is 1050. The number of oxazole rings is 1. The van der Waals surface area contributed by atoms with Gasteiger partial charge >= 0.3 is 0 Å².